The largest absolute Gasteiger partial charge is 0.330 e. The average molecular weight is 343 g/mol. The molecular formula is C16H15ClN6O. The van der Waals surface area contributed by atoms with E-state index in [1.54, 1.807) is 28.9 Å². The van der Waals surface area contributed by atoms with Crippen LogP contribution in [0.5, 0.6) is 0 Å². The summed E-state index contributed by atoms with van der Waals surface area (Å²) in [6, 6.07) is 14.3. The Morgan fingerprint density at radius 2 is 1.83 bits per heavy atom. The number of halogens is 1. The quantitative estimate of drug-likeness (QED) is 0.763. The van der Waals surface area contributed by atoms with E-state index in [1.165, 1.54) is 0 Å². The van der Waals surface area contributed by atoms with E-state index in [0.717, 1.165) is 16.9 Å². The first-order valence-corrected chi connectivity index (χ1v) is 7.64. The van der Waals surface area contributed by atoms with Gasteiger partial charge in [0.15, 0.2) is 5.82 Å². The van der Waals surface area contributed by atoms with Crippen molar-refractivity contribution in [2.45, 2.75) is 13.5 Å². The third-order valence-electron chi connectivity index (χ3n) is 3.32. The summed E-state index contributed by atoms with van der Waals surface area (Å²) in [6.45, 7) is 2.17. The van der Waals surface area contributed by atoms with Gasteiger partial charge in [0.05, 0.1) is 12.2 Å². The number of tetrazole rings is 1. The molecule has 0 radical (unpaired) electrons. The highest BCUT2D eigenvalue weighted by Crippen LogP contribution is 2.13. The summed E-state index contributed by atoms with van der Waals surface area (Å²) in [5.41, 5.74) is 2.61. The molecule has 0 unspecified atom stereocenters. The third-order valence-corrected chi connectivity index (χ3v) is 3.57. The lowest BCUT2D eigenvalue weighted by Gasteiger charge is -2.08. The third kappa shape index (κ3) is 3.88. The second-order valence-electron chi connectivity index (χ2n) is 5.16. The zero-order valence-corrected chi connectivity index (χ0v) is 13.7. The summed E-state index contributed by atoms with van der Waals surface area (Å²) in [6.07, 6.45) is 0. The lowest BCUT2D eigenvalue weighted by molar-refractivity contribution is 0.251. The number of nitrogens with one attached hydrogen (secondary N) is 2. The summed E-state index contributed by atoms with van der Waals surface area (Å²) < 4.78 is 1.54. The molecule has 0 aliphatic heterocycles. The molecule has 2 N–H and O–H groups in total. The first kappa shape index (κ1) is 15.9. The predicted molar refractivity (Wildman–Crippen MR) is 91.2 cm³/mol. The van der Waals surface area contributed by atoms with Crippen LogP contribution in [0.1, 0.15) is 11.4 Å². The number of aromatic nitrogens is 4. The van der Waals surface area contributed by atoms with Crippen molar-refractivity contribution in [2.24, 2.45) is 0 Å². The van der Waals surface area contributed by atoms with Crippen molar-refractivity contribution in [1.29, 1.82) is 0 Å². The van der Waals surface area contributed by atoms with E-state index < -0.39 is 0 Å². The fourth-order valence-corrected chi connectivity index (χ4v) is 2.20. The summed E-state index contributed by atoms with van der Waals surface area (Å²) in [7, 11) is 0. The lowest BCUT2D eigenvalue weighted by Crippen LogP contribution is -2.29. The smallest absolute Gasteiger partial charge is 0.319 e. The molecule has 8 heteroatoms. The van der Waals surface area contributed by atoms with Gasteiger partial charge < -0.3 is 10.6 Å². The fraction of sp³-hybridized carbons (Fsp3) is 0.125. The molecule has 1 aromatic heterocycles. The van der Waals surface area contributed by atoms with Gasteiger partial charge >= 0.3 is 6.03 Å². The zero-order valence-electron chi connectivity index (χ0n) is 12.9. The van der Waals surface area contributed by atoms with E-state index in [1.807, 2.05) is 31.2 Å². The number of aryl methyl sites for hydroxylation is 1. The molecule has 0 fully saturated rings. The molecule has 0 atom stereocenters. The van der Waals surface area contributed by atoms with Gasteiger partial charge in [0, 0.05) is 10.7 Å². The standard InChI is InChI=1S/C16H15ClN6O/c1-11-2-6-13(7-3-11)19-16(24)18-10-15-20-21-22-23(15)14-8-4-12(17)5-9-14/h2-9H,10H2,1H3,(H2,18,19,24). The number of rotatable bonds is 4. The maximum atomic E-state index is 12.0. The van der Waals surface area contributed by atoms with Crippen LogP contribution in [0.3, 0.4) is 0 Å². The van der Waals surface area contributed by atoms with Crippen molar-refractivity contribution in [3.63, 3.8) is 0 Å². The van der Waals surface area contributed by atoms with Gasteiger partial charge in [-0.1, -0.05) is 29.3 Å². The van der Waals surface area contributed by atoms with Crippen molar-refractivity contribution < 1.29 is 4.79 Å². The van der Waals surface area contributed by atoms with Gasteiger partial charge in [-0.15, -0.1) is 5.10 Å². The molecule has 3 rings (SSSR count). The minimum absolute atomic E-state index is 0.188. The summed E-state index contributed by atoms with van der Waals surface area (Å²) >= 11 is 5.88. The topological polar surface area (TPSA) is 84.7 Å². The van der Waals surface area contributed by atoms with Crippen molar-refractivity contribution >= 4 is 23.3 Å². The Hall–Kier alpha value is -2.93. The van der Waals surface area contributed by atoms with Gasteiger partial charge in [-0.2, -0.15) is 4.68 Å². The average Bonchev–Trinajstić information content (AvgIpc) is 3.04. The number of hydrogen-bond donors (Lipinski definition) is 2. The molecule has 3 aromatic rings. The van der Waals surface area contributed by atoms with Crippen LogP contribution in [-0.2, 0) is 6.54 Å². The van der Waals surface area contributed by atoms with Gasteiger partial charge in [-0.05, 0) is 53.7 Å². The van der Waals surface area contributed by atoms with Gasteiger partial charge in [0.25, 0.3) is 0 Å². The molecular weight excluding hydrogens is 328 g/mol. The van der Waals surface area contributed by atoms with Crippen LogP contribution in [0.4, 0.5) is 10.5 Å². The SMILES string of the molecule is Cc1ccc(NC(=O)NCc2nnnn2-c2ccc(Cl)cc2)cc1. The fourth-order valence-electron chi connectivity index (χ4n) is 2.07. The molecule has 0 spiro atoms. The zero-order chi connectivity index (χ0) is 16.9. The molecule has 2 aromatic carbocycles. The van der Waals surface area contributed by atoms with Crippen LogP contribution in [0.2, 0.25) is 5.02 Å². The maximum absolute atomic E-state index is 12.0. The van der Waals surface area contributed by atoms with Crippen molar-refractivity contribution in [3.8, 4) is 5.69 Å². The second-order valence-corrected chi connectivity index (χ2v) is 5.59. The van der Waals surface area contributed by atoms with Crippen LogP contribution in [0, 0.1) is 6.92 Å². The molecule has 1 heterocycles. The van der Waals surface area contributed by atoms with E-state index in [0.29, 0.717) is 10.8 Å². The Morgan fingerprint density at radius 1 is 1.12 bits per heavy atom. The van der Waals surface area contributed by atoms with E-state index in [-0.39, 0.29) is 12.6 Å². The number of nitrogens with zero attached hydrogens (tertiary/aromatic N) is 4. The Balaban J connectivity index is 1.63. The minimum atomic E-state index is -0.329. The van der Waals surface area contributed by atoms with Crippen LogP contribution in [0.25, 0.3) is 5.69 Å². The van der Waals surface area contributed by atoms with Crippen molar-refractivity contribution in [3.05, 3.63) is 64.9 Å². The molecule has 0 aliphatic rings. The molecule has 2 amide bonds. The molecule has 0 saturated heterocycles. The van der Waals surface area contributed by atoms with Gasteiger partial charge in [-0.25, -0.2) is 4.79 Å². The monoisotopic (exact) mass is 342 g/mol. The first-order chi connectivity index (χ1) is 11.6. The number of amides is 2. The van der Waals surface area contributed by atoms with Crippen LogP contribution >= 0.6 is 11.6 Å². The number of benzene rings is 2. The number of carbonyl (C=O) groups excluding carboxylic acids is 1. The molecule has 24 heavy (non-hydrogen) atoms. The molecule has 0 saturated carbocycles. The maximum Gasteiger partial charge on any atom is 0.319 e. The highest BCUT2D eigenvalue weighted by molar-refractivity contribution is 6.30. The molecule has 0 aliphatic carbocycles. The number of urea groups is 1. The molecule has 7 nitrogen and oxygen atoms in total. The van der Waals surface area contributed by atoms with E-state index >= 15 is 0 Å². The van der Waals surface area contributed by atoms with Crippen LogP contribution < -0.4 is 10.6 Å². The normalized spacial score (nSPS) is 10.4. The summed E-state index contributed by atoms with van der Waals surface area (Å²) in [5.74, 6) is 0.511. The van der Waals surface area contributed by atoms with Gasteiger partial charge in [-0.3, -0.25) is 0 Å². The van der Waals surface area contributed by atoms with Crippen molar-refractivity contribution in [2.75, 3.05) is 5.32 Å². The Morgan fingerprint density at radius 3 is 2.54 bits per heavy atom. The first-order valence-electron chi connectivity index (χ1n) is 7.26. The van der Waals surface area contributed by atoms with Gasteiger partial charge in [0.1, 0.15) is 0 Å². The Labute approximate surface area is 143 Å². The summed E-state index contributed by atoms with van der Waals surface area (Å²) in [5, 5.41) is 17.6. The molecule has 0 bridgehead atoms. The van der Waals surface area contributed by atoms with E-state index in [4.69, 9.17) is 11.6 Å². The highest BCUT2D eigenvalue weighted by Gasteiger charge is 2.10. The second kappa shape index (κ2) is 7.10. The predicted octanol–water partition coefficient (Wildman–Crippen LogP) is 2.95. The molecule has 122 valence electrons. The Bertz CT molecular complexity index is 829. The lowest BCUT2D eigenvalue weighted by atomic mass is 10.2. The van der Waals surface area contributed by atoms with Crippen LogP contribution in [0.15, 0.2) is 48.5 Å². The number of carbonyl (C=O) groups is 1. The Kier molecular flexibility index (Phi) is 4.72. The van der Waals surface area contributed by atoms with Gasteiger partial charge in [0.2, 0.25) is 0 Å². The van der Waals surface area contributed by atoms with Crippen molar-refractivity contribution in [1.82, 2.24) is 25.5 Å². The van der Waals surface area contributed by atoms with E-state index in [9.17, 15) is 4.79 Å². The number of hydrogen-bond acceptors (Lipinski definition) is 4. The summed E-state index contributed by atoms with van der Waals surface area (Å²) in [4.78, 5) is 12.0. The van der Waals surface area contributed by atoms with E-state index in [2.05, 4.69) is 26.2 Å². The number of anilines is 1. The minimum Gasteiger partial charge on any atom is -0.330 e. The van der Waals surface area contributed by atoms with Crippen LogP contribution in [-0.4, -0.2) is 26.2 Å². The highest BCUT2D eigenvalue weighted by atomic mass is 35.5.